The zero-order valence-corrected chi connectivity index (χ0v) is 18.3. The molecule has 150 valence electrons. The van der Waals surface area contributed by atoms with Gasteiger partial charge in [0.1, 0.15) is 17.1 Å². The Morgan fingerprint density at radius 2 is 1.83 bits per heavy atom. The summed E-state index contributed by atoms with van der Waals surface area (Å²) in [7, 11) is 1.47. The van der Waals surface area contributed by atoms with E-state index in [0.29, 0.717) is 26.7 Å². The number of amides is 4. The molecule has 0 radical (unpaired) electrons. The van der Waals surface area contributed by atoms with Crippen LogP contribution in [-0.2, 0) is 16.0 Å². The maximum Gasteiger partial charge on any atom is 0.331 e. The lowest BCUT2D eigenvalue weighted by atomic mass is 10.1. The van der Waals surface area contributed by atoms with Crippen molar-refractivity contribution in [1.82, 2.24) is 10.2 Å². The van der Waals surface area contributed by atoms with E-state index in [9.17, 15) is 18.8 Å². The molecule has 0 bridgehead atoms. The summed E-state index contributed by atoms with van der Waals surface area (Å²) in [5.41, 5.74) is 1.05. The number of barbiturate groups is 1. The van der Waals surface area contributed by atoms with E-state index < -0.39 is 17.8 Å². The molecule has 1 fully saturated rings. The van der Waals surface area contributed by atoms with Crippen LogP contribution in [0, 0.1) is 5.82 Å². The van der Waals surface area contributed by atoms with Crippen molar-refractivity contribution in [3.05, 3.63) is 67.9 Å². The molecule has 0 aliphatic carbocycles. The number of methoxy groups -OCH3 is 1. The molecule has 0 atom stereocenters. The van der Waals surface area contributed by atoms with Crippen LogP contribution < -0.4 is 10.1 Å². The Balaban J connectivity index is 1.89. The molecule has 4 amide bonds. The number of rotatable bonds is 5. The second-order valence-corrected chi connectivity index (χ2v) is 7.93. The molecular weight excluding hydrogens is 511 g/mol. The van der Waals surface area contributed by atoms with E-state index in [1.807, 2.05) is 0 Å². The molecule has 1 aliphatic rings. The largest absolute Gasteiger partial charge is 0.495 e. The van der Waals surface area contributed by atoms with Gasteiger partial charge in [-0.25, -0.2) is 9.18 Å². The number of carbonyl (C=O) groups excluding carboxylic acids is 3. The van der Waals surface area contributed by atoms with Crippen molar-refractivity contribution in [3.63, 3.8) is 0 Å². The number of benzene rings is 2. The Morgan fingerprint density at radius 3 is 2.48 bits per heavy atom. The molecule has 2 aromatic carbocycles. The standard InChI is InChI=1S/C20H15Br2FN2O4/c1-29-17-12(8-13(21)10-16(17)22)9-15-18(26)24-20(28)25(19(15)27)7-6-11-2-4-14(23)5-3-11/h2-5,8-10H,6-7H2,1H3,(H,24,26,28). The molecule has 1 heterocycles. The molecule has 1 aliphatic heterocycles. The van der Waals surface area contributed by atoms with E-state index >= 15 is 0 Å². The topological polar surface area (TPSA) is 75.7 Å². The number of hydrogen-bond donors (Lipinski definition) is 1. The molecule has 29 heavy (non-hydrogen) atoms. The van der Waals surface area contributed by atoms with E-state index in [1.165, 1.54) is 25.3 Å². The minimum atomic E-state index is -0.790. The maximum atomic E-state index is 13.0. The highest BCUT2D eigenvalue weighted by atomic mass is 79.9. The van der Waals surface area contributed by atoms with Gasteiger partial charge in [-0.2, -0.15) is 0 Å². The lowest BCUT2D eigenvalue weighted by molar-refractivity contribution is -0.130. The number of ether oxygens (including phenoxy) is 1. The Morgan fingerprint density at radius 1 is 1.14 bits per heavy atom. The van der Waals surface area contributed by atoms with Gasteiger partial charge in [-0.05, 0) is 58.3 Å². The highest BCUT2D eigenvalue weighted by Crippen LogP contribution is 2.34. The van der Waals surface area contributed by atoms with Crippen LogP contribution in [0.1, 0.15) is 11.1 Å². The fourth-order valence-corrected chi connectivity index (χ4v) is 4.27. The summed E-state index contributed by atoms with van der Waals surface area (Å²) in [5, 5.41) is 2.18. The van der Waals surface area contributed by atoms with E-state index in [0.717, 1.165) is 10.5 Å². The monoisotopic (exact) mass is 524 g/mol. The highest BCUT2D eigenvalue weighted by molar-refractivity contribution is 9.11. The summed E-state index contributed by atoms with van der Waals surface area (Å²) in [6.07, 6.45) is 1.70. The van der Waals surface area contributed by atoms with E-state index in [-0.39, 0.29) is 17.9 Å². The molecule has 0 unspecified atom stereocenters. The first kappa shape index (κ1) is 21.2. The Bertz CT molecular complexity index is 1020. The first-order valence-corrected chi connectivity index (χ1v) is 10.0. The van der Waals surface area contributed by atoms with Crippen LogP contribution in [0.5, 0.6) is 5.75 Å². The molecule has 0 aromatic heterocycles. The third kappa shape index (κ3) is 4.73. The van der Waals surface area contributed by atoms with Crippen LogP contribution in [0.15, 0.2) is 50.9 Å². The third-order valence-electron chi connectivity index (χ3n) is 4.26. The summed E-state index contributed by atoms with van der Waals surface area (Å²) in [5.74, 6) is -1.42. The van der Waals surface area contributed by atoms with Crippen molar-refractivity contribution in [3.8, 4) is 5.75 Å². The predicted octanol–water partition coefficient (Wildman–Crippen LogP) is 4.06. The normalized spacial score (nSPS) is 15.7. The molecule has 3 rings (SSSR count). The number of nitrogens with one attached hydrogen (secondary N) is 1. The van der Waals surface area contributed by atoms with Crippen molar-refractivity contribution in [1.29, 1.82) is 0 Å². The minimum absolute atomic E-state index is 0.0419. The Hall–Kier alpha value is -2.52. The smallest absolute Gasteiger partial charge is 0.331 e. The van der Waals surface area contributed by atoms with Gasteiger partial charge in [-0.3, -0.25) is 19.8 Å². The first-order chi connectivity index (χ1) is 13.8. The van der Waals surface area contributed by atoms with Gasteiger partial charge in [0.25, 0.3) is 11.8 Å². The van der Waals surface area contributed by atoms with Gasteiger partial charge in [-0.15, -0.1) is 0 Å². The summed E-state index contributed by atoms with van der Waals surface area (Å²) in [6, 6.07) is 8.43. The highest BCUT2D eigenvalue weighted by Gasteiger charge is 2.35. The summed E-state index contributed by atoms with van der Waals surface area (Å²) >= 11 is 6.73. The van der Waals surface area contributed by atoms with Crippen molar-refractivity contribution in [2.75, 3.05) is 13.7 Å². The number of urea groups is 1. The molecule has 0 spiro atoms. The summed E-state index contributed by atoms with van der Waals surface area (Å²) in [4.78, 5) is 38.3. The van der Waals surface area contributed by atoms with Gasteiger partial charge in [0.2, 0.25) is 0 Å². The second-order valence-electron chi connectivity index (χ2n) is 6.16. The van der Waals surface area contributed by atoms with Crippen molar-refractivity contribution in [2.24, 2.45) is 0 Å². The number of imide groups is 2. The summed E-state index contributed by atoms with van der Waals surface area (Å²) in [6.45, 7) is 0.0419. The van der Waals surface area contributed by atoms with E-state index in [1.54, 1.807) is 24.3 Å². The van der Waals surface area contributed by atoms with Crippen molar-refractivity contribution < 1.29 is 23.5 Å². The fraction of sp³-hybridized carbons (Fsp3) is 0.150. The summed E-state index contributed by atoms with van der Waals surface area (Å²) < 4.78 is 19.7. The Labute approximate surface area is 183 Å². The van der Waals surface area contributed by atoms with Crippen molar-refractivity contribution in [2.45, 2.75) is 6.42 Å². The van der Waals surface area contributed by atoms with Crippen LogP contribution in [-0.4, -0.2) is 36.4 Å². The van der Waals surface area contributed by atoms with Gasteiger partial charge >= 0.3 is 6.03 Å². The molecule has 0 saturated carbocycles. The number of hydrogen-bond acceptors (Lipinski definition) is 4. The zero-order valence-electron chi connectivity index (χ0n) is 15.2. The van der Waals surface area contributed by atoms with E-state index in [2.05, 4.69) is 37.2 Å². The lowest BCUT2D eigenvalue weighted by Crippen LogP contribution is -2.54. The fourth-order valence-electron chi connectivity index (χ4n) is 2.85. The molecule has 2 aromatic rings. The molecule has 1 saturated heterocycles. The average Bonchev–Trinajstić information content (AvgIpc) is 2.66. The van der Waals surface area contributed by atoms with Crippen molar-refractivity contribution >= 4 is 55.8 Å². The van der Waals surface area contributed by atoms with E-state index in [4.69, 9.17) is 4.74 Å². The van der Waals surface area contributed by atoms with Gasteiger partial charge in [0, 0.05) is 16.6 Å². The average molecular weight is 526 g/mol. The molecule has 6 nitrogen and oxygen atoms in total. The first-order valence-electron chi connectivity index (χ1n) is 8.46. The number of nitrogens with zero attached hydrogens (tertiary/aromatic N) is 1. The minimum Gasteiger partial charge on any atom is -0.495 e. The molecule has 1 N–H and O–H groups in total. The molecule has 9 heteroatoms. The van der Waals surface area contributed by atoms with Gasteiger partial charge in [0.15, 0.2) is 0 Å². The van der Waals surface area contributed by atoms with Gasteiger partial charge < -0.3 is 4.74 Å². The van der Waals surface area contributed by atoms with Gasteiger partial charge in [0.05, 0.1) is 11.6 Å². The maximum absolute atomic E-state index is 13.0. The van der Waals surface area contributed by atoms with Crippen LogP contribution in [0.2, 0.25) is 0 Å². The SMILES string of the molecule is COc1c(Br)cc(Br)cc1C=C1C(=O)NC(=O)N(CCc2ccc(F)cc2)C1=O. The van der Waals surface area contributed by atoms with Crippen LogP contribution in [0.25, 0.3) is 6.08 Å². The number of carbonyl (C=O) groups is 3. The van der Waals surface area contributed by atoms with Crippen LogP contribution >= 0.6 is 31.9 Å². The van der Waals surface area contributed by atoms with Crippen LogP contribution in [0.4, 0.5) is 9.18 Å². The molecular formula is C20H15Br2FN2O4. The lowest BCUT2D eigenvalue weighted by Gasteiger charge is -2.26. The number of halogens is 3. The Kier molecular flexibility index (Phi) is 6.49. The predicted molar refractivity (Wildman–Crippen MR) is 112 cm³/mol. The van der Waals surface area contributed by atoms with Gasteiger partial charge in [-0.1, -0.05) is 28.1 Å². The third-order valence-corrected chi connectivity index (χ3v) is 5.31. The zero-order chi connectivity index (χ0) is 21.1. The van der Waals surface area contributed by atoms with Crippen LogP contribution in [0.3, 0.4) is 0 Å². The quantitative estimate of drug-likeness (QED) is 0.471. The second kappa shape index (κ2) is 8.87.